The van der Waals surface area contributed by atoms with Crippen molar-refractivity contribution < 1.29 is 34.8 Å². The summed E-state index contributed by atoms with van der Waals surface area (Å²) in [6.07, 6.45) is 1.52. The maximum absolute atomic E-state index is 13.4. The summed E-state index contributed by atoms with van der Waals surface area (Å²) in [5, 5.41) is 50.0. The van der Waals surface area contributed by atoms with E-state index in [2.05, 4.69) is 10.2 Å². The summed E-state index contributed by atoms with van der Waals surface area (Å²) in [5.74, 6) is -6.46. The number of aromatic nitrogens is 2. The minimum atomic E-state index is -2.56. The first-order chi connectivity index (χ1) is 15.2. The maximum Gasteiger partial charge on any atom is 0.255 e. The minimum absolute atomic E-state index is 0.0456. The topological polar surface area (TPSA) is 187 Å². The van der Waals surface area contributed by atoms with Gasteiger partial charge in [0.15, 0.2) is 11.4 Å². The van der Waals surface area contributed by atoms with Gasteiger partial charge in [-0.2, -0.15) is 5.10 Å². The van der Waals surface area contributed by atoms with Gasteiger partial charge in [-0.3, -0.25) is 19.5 Å². The highest BCUT2D eigenvalue weighted by Gasteiger charge is 2.60. The number of nitrogens with two attached hydrogens (primary N) is 1. The smallest absolute Gasteiger partial charge is 0.255 e. The van der Waals surface area contributed by atoms with Gasteiger partial charge in [0.1, 0.15) is 22.8 Å². The van der Waals surface area contributed by atoms with Crippen molar-refractivity contribution in [3.8, 4) is 17.0 Å². The number of hydrogen-bond acceptors (Lipinski definition) is 8. The number of aromatic hydroxyl groups is 1. The van der Waals surface area contributed by atoms with Crippen LogP contribution in [0.15, 0.2) is 41.3 Å². The van der Waals surface area contributed by atoms with Gasteiger partial charge in [-0.1, -0.05) is 0 Å². The average Bonchev–Trinajstić information content (AvgIpc) is 3.25. The second kappa shape index (κ2) is 6.54. The molecule has 1 heterocycles. The number of amides is 1. The average molecular weight is 437 g/mol. The number of H-pyrrole nitrogens is 1. The number of phenols is 1. The van der Waals surface area contributed by atoms with E-state index in [0.717, 1.165) is 0 Å². The number of Topliss-reactive ketones (excluding diaryl/α,β-unsaturated/α-hetero) is 2. The first kappa shape index (κ1) is 20.0. The van der Waals surface area contributed by atoms with Gasteiger partial charge >= 0.3 is 0 Å². The van der Waals surface area contributed by atoms with Crippen LogP contribution in [0.3, 0.4) is 0 Å². The number of ketones is 2. The number of primary amides is 1. The summed E-state index contributed by atoms with van der Waals surface area (Å²) in [4.78, 5) is 37.5. The number of aliphatic hydroxyl groups is 3. The fourth-order valence-electron chi connectivity index (χ4n) is 5.28. The SMILES string of the molecule is NC(=O)C1=C(O)C2(O)C(=O)C3=C(O)c4c(O)ccc(-c5ccn[nH]5)c4CC3CC2CC1=O. The van der Waals surface area contributed by atoms with Crippen LogP contribution in [-0.2, 0) is 20.8 Å². The monoisotopic (exact) mass is 437 g/mol. The fourth-order valence-corrected chi connectivity index (χ4v) is 5.28. The Kier molecular flexibility index (Phi) is 4.09. The summed E-state index contributed by atoms with van der Waals surface area (Å²) < 4.78 is 0. The first-order valence-electron chi connectivity index (χ1n) is 9.98. The van der Waals surface area contributed by atoms with Crippen molar-refractivity contribution in [1.82, 2.24) is 10.2 Å². The lowest BCUT2D eigenvalue weighted by atomic mass is 9.59. The summed E-state index contributed by atoms with van der Waals surface area (Å²) in [5.41, 5.74) is 3.59. The van der Waals surface area contributed by atoms with Gasteiger partial charge in [0, 0.05) is 29.7 Å². The highest BCUT2D eigenvalue weighted by Crippen LogP contribution is 2.52. The normalized spacial score (nSPS) is 27.2. The van der Waals surface area contributed by atoms with Crippen molar-refractivity contribution in [2.24, 2.45) is 17.6 Å². The van der Waals surface area contributed by atoms with E-state index >= 15 is 0 Å². The van der Waals surface area contributed by atoms with Crippen molar-refractivity contribution in [2.45, 2.75) is 24.9 Å². The molecule has 1 amide bonds. The number of rotatable bonds is 2. The minimum Gasteiger partial charge on any atom is -0.508 e. The Hall–Kier alpha value is -3.92. The van der Waals surface area contributed by atoms with Gasteiger partial charge in [0.25, 0.3) is 5.91 Å². The third kappa shape index (κ3) is 2.43. The molecule has 10 nitrogen and oxygen atoms in total. The number of phenolic OH excluding ortho intramolecular Hbond substituents is 1. The zero-order chi connectivity index (χ0) is 22.9. The van der Waals surface area contributed by atoms with Crippen molar-refractivity contribution in [3.05, 3.63) is 52.4 Å². The number of benzene rings is 1. The number of fused-ring (bicyclic) bond motifs is 3. The van der Waals surface area contributed by atoms with Gasteiger partial charge < -0.3 is 26.2 Å². The largest absolute Gasteiger partial charge is 0.508 e. The molecule has 2 aromatic rings. The molecule has 0 saturated heterocycles. The molecule has 1 saturated carbocycles. The molecule has 0 spiro atoms. The van der Waals surface area contributed by atoms with E-state index in [4.69, 9.17) is 5.73 Å². The van der Waals surface area contributed by atoms with Crippen LogP contribution in [0.4, 0.5) is 0 Å². The number of carbonyl (C=O) groups excluding carboxylic acids is 3. The van der Waals surface area contributed by atoms with Crippen LogP contribution in [0, 0.1) is 11.8 Å². The molecule has 32 heavy (non-hydrogen) atoms. The van der Waals surface area contributed by atoms with Gasteiger partial charge in [-0.15, -0.1) is 0 Å². The van der Waals surface area contributed by atoms with E-state index in [1.54, 1.807) is 18.3 Å². The number of aromatic amines is 1. The summed E-state index contributed by atoms with van der Waals surface area (Å²) in [6, 6.07) is 4.76. The van der Waals surface area contributed by atoms with Crippen LogP contribution in [0.2, 0.25) is 0 Å². The molecule has 5 rings (SSSR count). The lowest BCUT2D eigenvalue weighted by Crippen LogP contribution is -2.58. The lowest BCUT2D eigenvalue weighted by molar-refractivity contribution is -0.147. The summed E-state index contributed by atoms with van der Waals surface area (Å²) in [6.45, 7) is 0. The Morgan fingerprint density at radius 2 is 1.91 bits per heavy atom. The molecule has 1 aromatic heterocycles. The van der Waals surface area contributed by atoms with E-state index in [-0.39, 0.29) is 36.1 Å². The van der Waals surface area contributed by atoms with Gasteiger partial charge in [0.05, 0.1) is 11.3 Å². The Balaban J connectivity index is 1.72. The second-order valence-electron chi connectivity index (χ2n) is 8.36. The molecule has 3 aliphatic carbocycles. The molecule has 0 radical (unpaired) electrons. The van der Waals surface area contributed by atoms with E-state index < -0.39 is 52.0 Å². The highest BCUT2D eigenvalue weighted by molar-refractivity contribution is 6.22. The summed E-state index contributed by atoms with van der Waals surface area (Å²) in [7, 11) is 0. The van der Waals surface area contributed by atoms with Crippen molar-refractivity contribution in [3.63, 3.8) is 0 Å². The van der Waals surface area contributed by atoms with E-state index in [1.807, 2.05) is 0 Å². The number of aliphatic hydroxyl groups excluding tert-OH is 2. The van der Waals surface area contributed by atoms with Crippen LogP contribution >= 0.6 is 0 Å². The Bertz CT molecular complexity index is 1270. The maximum atomic E-state index is 13.4. The fraction of sp³-hybridized carbons (Fsp3) is 0.273. The zero-order valence-corrected chi connectivity index (χ0v) is 16.6. The third-order valence-corrected chi connectivity index (χ3v) is 6.74. The highest BCUT2D eigenvalue weighted by atomic mass is 16.3. The van der Waals surface area contributed by atoms with E-state index in [0.29, 0.717) is 16.8 Å². The molecule has 3 aliphatic rings. The van der Waals surface area contributed by atoms with Crippen LogP contribution < -0.4 is 5.73 Å². The van der Waals surface area contributed by atoms with Crippen LogP contribution in [0.25, 0.3) is 17.0 Å². The Morgan fingerprint density at radius 1 is 1.16 bits per heavy atom. The van der Waals surface area contributed by atoms with Gasteiger partial charge in [0.2, 0.25) is 5.78 Å². The Morgan fingerprint density at radius 3 is 2.56 bits per heavy atom. The molecular formula is C22H19N3O7. The standard InChI is InChI=1S/C22H19N3O7/c23-21(31)17-14(27)7-9-5-8-6-11-10(12-3-4-24-25-12)1-2-13(26)16(11)18(28)15(8)19(29)22(9,32)20(17)30/h1-4,8-9,26,28,30,32H,5-7H2,(H2,23,31)(H,24,25). The molecule has 7 N–H and O–H groups in total. The zero-order valence-electron chi connectivity index (χ0n) is 16.6. The predicted molar refractivity (Wildman–Crippen MR) is 109 cm³/mol. The predicted octanol–water partition coefficient (Wildman–Crippen LogP) is 0.814. The summed E-state index contributed by atoms with van der Waals surface area (Å²) >= 11 is 0. The molecule has 3 atom stereocenters. The molecule has 1 aromatic carbocycles. The lowest BCUT2D eigenvalue weighted by Gasteiger charge is -2.46. The molecule has 1 fully saturated rings. The third-order valence-electron chi connectivity index (χ3n) is 6.74. The van der Waals surface area contributed by atoms with E-state index in [1.165, 1.54) is 6.07 Å². The number of carbonyl (C=O) groups is 3. The van der Waals surface area contributed by atoms with Crippen molar-refractivity contribution in [2.75, 3.05) is 0 Å². The van der Waals surface area contributed by atoms with E-state index in [9.17, 15) is 34.8 Å². The van der Waals surface area contributed by atoms with Gasteiger partial charge in [-0.05, 0) is 42.5 Å². The Labute approximate surface area is 180 Å². The molecule has 3 unspecified atom stereocenters. The van der Waals surface area contributed by atoms with Crippen LogP contribution in [0.5, 0.6) is 5.75 Å². The molecule has 10 heteroatoms. The van der Waals surface area contributed by atoms with Gasteiger partial charge in [-0.25, -0.2) is 0 Å². The molecule has 164 valence electrons. The van der Waals surface area contributed by atoms with Crippen LogP contribution in [-0.4, -0.2) is 53.7 Å². The van der Waals surface area contributed by atoms with Crippen molar-refractivity contribution in [1.29, 1.82) is 0 Å². The quantitative estimate of drug-likeness (QED) is 0.372. The number of nitrogens with zero attached hydrogens (tertiary/aromatic N) is 1. The molecule has 0 bridgehead atoms. The number of nitrogens with one attached hydrogen (secondary N) is 1. The molecule has 0 aliphatic heterocycles. The van der Waals surface area contributed by atoms with Crippen LogP contribution in [0.1, 0.15) is 24.0 Å². The molecular weight excluding hydrogens is 418 g/mol. The van der Waals surface area contributed by atoms with Crippen molar-refractivity contribution >= 4 is 23.2 Å². The number of hydrogen-bond donors (Lipinski definition) is 6. The first-order valence-corrected chi connectivity index (χ1v) is 9.98. The second-order valence-corrected chi connectivity index (χ2v) is 8.36.